The fourth-order valence-corrected chi connectivity index (χ4v) is 3.81. The van der Waals surface area contributed by atoms with Crippen molar-refractivity contribution in [3.63, 3.8) is 0 Å². The molecular weight excluding hydrogens is 427 g/mol. The van der Waals surface area contributed by atoms with Gasteiger partial charge >= 0.3 is 12.3 Å². The molecule has 1 amide bonds. The molecule has 1 aliphatic rings. The number of amides is 1. The molecular formula is C20H22F3N7O2. The van der Waals surface area contributed by atoms with Gasteiger partial charge in [0.05, 0.1) is 12.6 Å². The minimum absolute atomic E-state index is 0.103. The SMILES string of the molecule is CC(CC(F)(F)F)NC(=O)OC1CCC(c2cnc(Nc3nccn4nccc34)nc2)C1. The van der Waals surface area contributed by atoms with Gasteiger partial charge in [-0.05, 0) is 43.7 Å². The summed E-state index contributed by atoms with van der Waals surface area (Å²) in [5.41, 5.74) is 1.70. The van der Waals surface area contributed by atoms with Crippen LogP contribution in [0.3, 0.4) is 0 Å². The van der Waals surface area contributed by atoms with Crippen molar-refractivity contribution >= 4 is 23.4 Å². The number of carbonyl (C=O) groups excluding carboxylic acids is 1. The van der Waals surface area contributed by atoms with E-state index in [1.807, 2.05) is 6.07 Å². The highest BCUT2D eigenvalue weighted by atomic mass is 19.4. The van der Waals surface area contributed by atoms with E-state index in [1.54, 1.807) is 35.5 Å². The normalized spacial score (nSPS) is 19.6. The molecule has 12 heteroatoms. The van der Waals surface area contributed by atoms with Gasteiger partial charge in [-0.25, -0.2) is 24.3 Å². The Kier molecular flexibility index (Phi) is 6.10. The zero-order chi connectivity index (χ0) is 22.7. The molecule has 3 aromatic heterocycles. The minimum Gasteiger partial charge on any atom is -0.446 e. The summed E-state index contributed by atoms with van der Waals surface area (Å²) >= 11 is 0. The third-order valence-electron chi connectivity index (χ3n) is 5.26. The van der Waals surface area contributed by atoms with Crippen LogP contribution in [0.1, 0.15) is 44.1 Å². The number of anilines is 2. The molecule has 0 saturated heterocycles. The lowest BCUT2D eigenvalue weighted by molar-refractivity contribution is -0.138. The third-order valence-corrected chi connectivity index (χ3v) is 5.26. The van der Waals surface area contributed by atoms with Gasteiger partial charge < -0.3 is 15.4 Å². The predicted molar refractivity (Wildman–Crippen MR) is 108 cm³/mol. The summed E-state index contributed by atoms with van der Waals surface area (Å²) in [6.45, 7) is 1.29. The lowest BCUT2D eigenvalue weighted by Crippen LogP contribution is -2.37. The molecule has 1 aliphatic carbocycles. The van der Waals surface area contributed by atoms with Gasteiger partial charge in [-0.2, -0.15) is 18.3 Å². The number of ether oxygens (including phenoxy) is 1. The molecule has 3 atom stereocenters. The van der Waals surface area contributed by atoms with E-state index in [4.69, 9.17) is 4.74 Å². The van der Waals surface area contributed by atoms with Gasteiger partial charge in [-0.1, -0.05) is 0 Å². The Hall–Kier alpha value is -3.44. The van der Waals surface area contributed by atoms with Crippen LogP contribution in [0.4, 0.5) is 29.7 Å². The van der Waals surface area contributed by atoms with Crippen LogP contribution in [0, 0.1) is 0 Å². The van der Waals surface area contributed by atoms with Crippen molar-refractivity contribution in [2.45, 2.75) is 56.8 Å². The molecule has 4 rings (SSSR count). The Labute approximate surface area is 181 Å². The maximum atomic E-state index is 12.4. The van der Waals surface area contributed by atoms with Crippen molar-refractivity contribution in [1.29, 1.82) is 0 Å². The second kappa shape index (κ2) is 8.97. The maximum absolute atomic E-state index is 12.4. The molecule has 2 N–H and O–H groups in total. The van der Waals surface area contributed by atoms with Crippen LogP contribution >= 0.6 is 0 Å². The summed E-state index contributed by atoms with van der Waals surface area (Å²) in [5.74, 6) is 1.07. The first-order chi connectivity index (χ1) is 15.3. The molecule has 9 nitrogen and oxygen atoms in total. The van der Waals surface area contributed by atoms with Crippen molar-refractivity contribution < 1.29 is 22.7 Å². The Morgan fingerprint density at radius 1 is 1.25 bits per heavy atom. The molecule has 32 heavy (non-hydrogen) atoms. The Balaban J connectivity index is 1.30. The van der Waals surface area contributed by atoms with E-state index < -0.39 is 24.7 Å². The number of nitrogens with zero attached hydrogens (tertiary/aromatic N) is 5. The van der Waals surface area contributed by atoms with Crippen molar-refractivity contribution in [3.05, 3.63) is 42.6 Å². The Morgan fingerprint density at radius 2 is 2.03 bits per heavy atom. The summed E-state index contributed by atoms with van der Waals surface area (Å²) in [5, 5.41) is 9.45. The second-order valence-corrected chi connectivity index (χ2v) is 7.80. The van der Waals surface area contributed by atoms with Crippen molar-refractivity contribution in [1.82, 2.24) is 29.9 Å². The number of hydrogen-bond donors (Lipinski definition) is 2. The van der Waals surface area contributed by atoms with Crippen LogP contribution in [-0.2, 0) is 4.74 Å². The minimum atomic E-state index is -4.34. The third kappa shape index (κ3) is 5.42. The van der Waals surface area contributed by atoms with E-state index in [-0.39, 0.29) is 12.0 Å². The monoisotopic (exact) mass is 449 g/mol. The van der Waals surface area contributed by atoms with E-state index in [9.17, 15) is 18.0 Å². The smallest absolute Gasteiger partial charge is 0.407 e. The predicted octanol–water partition coefficient (Wildman–Crippen LogP) is 3.97. The Morgan fingerprint density at radius 3 is 2.78 bits per heavy atom. The number of alkyl carbamates (subject to hydrolysis) is 1. The van der Waals surface area contributed by atoms with Crippen molar-refractivity contribution in [2.24, 2.45) is 0 Å². The van der Waals surface area contributed by atoms with Gasteiger partial charge in [0.25, 0.3) is 0 Å². The number of alkyl halides is 3. The van der Waals surface area contributed by atoms with E-state index >= 15 is 0 Å². The quantitative estimate of drug-likeness (QED) is 0.587. The van der Waals surface area contributed by atoms with Gasteiger partial charge in [0.2, 0.25) is 5.95 Å². The van der Waals surface area contributed by atoms with E-state index in [0.717, 1.165) is 17.5 Å². The molecule has 0 radical (unpaired) electrons. The average Bonchev–Trinajstić information content (AvgIpc) is 3.37. The fourth-order valence-electron chi connectivity index (χ4n) is 3.81. The van der Waals surface area contributed by atoms with Crippen LogP contribution in [0.25, 0.3) is 5.52 Å². The highest BCUT2D eigenvalue weighted by Crippen LogP contribution is 2.35. The first kappa shape index (κ1) is 21.8. The van der Waals surface area contributed by atoms with E-state index in [0.29, 0.717) is 24.6 Å². The van der Waals surface area contributed by atoms with Gasteiger partial charge in [-0.15, -0.1) is 0 Å². The van der Waals surface area contributed by atoms with Crippen LogP contribution < -0.4 is 10.6 Å². The molecule has 1 fully saturated rings. The van der Waals surface area contributed by atoms with Crippen molar-refractivity contribution in [2.75, 3.05) is 5.32 Å². The summed E-state index contributed by atoms with van der Waals surface area (Å²) < 4.78 is 44.1. The number of carbonyl (C=O) groups is 1. The van der Waals surface area contributed by atoms with Crippen LogP contribution in [0.2, 0.25) is 0 Å². The molecule has 0 bridgehead atoms. The lowest BCUT2D eigenvalue weighted by atomic mass is 10.0. The molecule has 1 saturated carbocycles. The molecule has 0 aromatic carbocycles. The number of hydrogen-bond acceptors (Lipinski definition) is 7. The Bertz CT molecular complexity index is 1070. The molecule has 170 valence electrons. The molecule has 0 aliphatic heterocycles. The van der Waals surface area contributed by atoms with Crippen LogP contribution in [-0.4, -0.2) is 49.0 Å². The molecule has 3 unspecified atom stereocenters. The zero-order valence-corrected chi connectivity index (χ0v) is 17.2. The zero-order valence-electron chi connectivity index (χ0n) is 17.2. The second-order valence-electron chi connectivity index (χ2n) is 7.80. The summed E-state index contributed by atoms with van der Waals surface area (Å²) in [7, 11) is 0. The highest BCUT2D eigenvalue weighted by Gasteiger charge is 2.32. The number of rotatable bonds is 6. The topological polar surface area (TPSA) is 106 Å². The molecule has 3 aromatic rings. The number of fused-ring (bicyclic) bond motifs is 1. The molecule has 3 heterocycles. The summed E-state index contributed by atoms with van der Waals surface area (Å²) in [6.07, 6.45) is 3.78. The van der Waals surface area contributed by atoms with Crippen LogP contribution in [0.5, 0.6) is 0 Å². The number of halogens is 3. The van der Waals surface area contributed by atoms with Gasteiger partial charge in [0.15, 0.2) is 5.82 Å². The van der Waals surface area contributed by atoms with E-state index in [1.165, 1.54) is 6.92 Å². The molecule has 0 spiro atoms. The first-order valence-corrected chi connectivity index (χ1v) is 10.2. The lowest BCUT2D eigenvalue weighted by Gasteiger charge is -2.18. The highest BCUT2D eigenvalue weighted by molar-refractivity contribution is 5.70. The van der Waals surface area contributed by atoms with Crippen LogP contribution in [0.15, 0.2) is 37.1 Å². The first-order valence-electron chi connectivity index (χ1n) is 10.2. The average molecular weight is 449 g/mol. The number of aromatic nitrogens is 5. The maximum Gasteiger partial charge on any atom is 0.407 e. The van der Waals surface area contributed by atoms with Gasteiger partial charge in [-0.3, -0.25) is 0 Å². The fraction of sp³-hybridized carbons (Fsp3) is 0.450. The van der Waals surface area contributed by atoms with Gasteiger partial charge in [0, 0.05) is 30.8 Å². The van der Waals surface area contributed by atoms with Gasteiger partial charge in [0.1, 0.15) is 11.6 Å². The summed E-state index contributed by atoms with van der Waals surface area (Å²) in [6, 6.07) is 0.776. The van der Waals surface area contributed by atoms with E-state index in [2.05, 4.69) is 30.7 Å². The standard InChI is InChI=1S/C20H22F3N7O2/c1-12(9-20(21,22)23)28-19(31)32-15-3-2-13(8-15)14-10-25-18(26-11-14)29-17-16-4-5-27-30(16)7-6-24-17/h4-7,10-13,15H,2-3,8-9H2,1H3,(H,28,31)(H,24,25,26,29). The van der Waals surface area contributed by atoms with Crippen molar-refractivity contribution in [3.8, 4) is 0 Å². The number of nitrogens with one attached hydrogen (secondary N) is 2. The summed E-state index contributed by atoms with van der Waals surface area (Å²) in [4.78, 5) is 24.9. The largest absolute Gasteiger partial charge is 0.446 e.